The second-order valence-corrected chi connectivity index (χ2v) is 5.73. The summed E-state index contributed by atoms with van der Waals surface area (Å²) in [5, 5.41) is 17.1. The maximum absolute atomic E-state index is 12.3. The summed E-state index contributed by atoms with van der Waals surface area (Å²) in [6.07, 6.45) is -3.70. The standard InChI is InChI=1S/C18H14F3N5O4/c1-29-13-6-2-11(3-7-13)24-16-15(26(27)28)17(23-10-22-16)25-12-4-8-14(9-5-12)30-18(19,20)21/h2-10H,1H3,(H2,22,23,24,25). The maximum Gasteiger partial charge on any atom is 0.573 e. The minimum atomic E-state index is -4.82. The van der Waals surface area contributed by atoms with E-state index in [9.17, 15) is 23.3 Å². The van der Waals surface area contributed by atoms with Crippen molar-refractivity contribution < 1.29 is 27.6 Å². The molecule has 30 heavy (non-hydrogen) atoms. The predicted octanol–water partition coefficient (Wildman–Crippen LogP) is 4.78. The van der Waals surface area contributed by atoms with Crippen molar-refractivity contribution in [3.63, 3.8) is 0 Å². The van der Waals surface area contributed by atoms with Gasteiger partial charge < -0.3 is 20.1 Å². The molecule has 0 unspecified atom stereocenters. The number of aromatic nitrogens is 2. The maximum atomic E-state index is 12.3. The summed E-state index contributed by atoms with van der Waals surface area (Å²) >= 11 is 0. The highest BCUT2D eigenvalue weighted by Gasteiger charge is 2.31. The molecule has 0 aliphatic carbocycles. The van der Waals surface area contributed by atoms with Crippen molar-refractivity contribution in [3.05, 3.63) is 65.0 Å². The smallest absolute Gasteiger partial charge is 0.497 e. The molecule has 0 atom stereocenters. The Labute approximate surface area is 167 Å². The molecule has 3 rings (SSSR count). The van der Waals surface area contributed by atoms with Crippen molar-refractivity contribution >= 4 is 28.7 Å². The van der Waals surface area contributed by atoms with Gasteiger partial charge in [0.1, 0.15) is 17.8 Å². The summed E-state index contributed by atoms with van der Waals surface area (Å²) in [5.41, 5.74) is 0.350. The van der Waals surface area contributed by atoms with Gasteiger partial charge in [-0.2, -0.15) is 0 Å². The molecular weight excluding hydrogens is 407 g/mol. The Hall–Kier alpha value is -4.09. The lowest BCUT2D eigenvalue weighted by Crippen LogP contribution is -2.17. The van der Waals surface area contributed by atoms with E-state index in [1.165, 1.54) is 19.2 Å². The van der Waals surface area contributed by atoms with E-state index in [1.807, 2.05) is 0 Å². The molecule has 1 aromatic heterocycles. The average Bonchev–Trinajstić information content (AvgIpc) is 2.69. The van der Waals surface area contributed by atoms with Crippen molar-refractivity contribution in [3.8, 4) is 11.5 Å². The molecule has 2 N–H and O–H groups in total. The highest BCUT2D eigenvalue weighted by Crippen LogP contribution is 2.34. The molecule has 1 heterocycles. The number of methoxy groups -OCH3 is 1. The first-order chi connectivity index (χ1) is 14.2. The molecule has 0 aliphatic rings. The van der Waals surface area contributed by atoms with E-state index in [4.69, 9.17) is 4.74 Å². The Morgan fingerprint density at radius 2 is 1.37 bits per heavy atom. The van der Waals surface area contributed by atoms with E-state index in [1.54, 1.807) is 24.3 Å². The third kappa shape index (κ3) is 5.25. The number of benzene rings is 2. The lowest BCUT2D eigenvalue weighted by molar-refractivity contribution is -0.383. The molecule has 0 spiro atoms. The zero-order valence-corrected chi connectivity index (χ0v) is 15.3. The number of nitrogens with one attached hydrogen (secondary N) is 2. The van der Waals surface area contributed by atoms with Crippen molar-refractivity contribution in [1.29, 1.82) is 0 Å². The number of nitrogens with zero attached hydrogens (tertiary/aromatic N) is 3. The number of halogens is 3. The fourth-order valence-corrected chi connectivity index (χ4v) is 2.42. The van der Waals surface area contributed by atoms with Gasteiger partial charge in [-0.15, -0.1) is 13.2 Å². The van der Waals surface area contributed by atoms with Crippen molar-refractivity contribution in [2.24, 2.45) is 0 Å². The molecular formula is C18H14F3N5O4. The van der Waals surface area contributed by atoms with Gasteiger partial charge in [0.05, 0.1) is 12.0 Å². The molecule has 9 nitrogen and oxygen atoms in total. The molecule has 0 fully saturated rings. The SMILES string of the molecule is COc1ccc(Nc2ncnc(Nc3ccc(OC(F)(F)F)cc3)c2[N+](=O)[O-])cc1. The van der Waals surface area contributed by atoms with E-state index in [2.05, 4.69) is 25.3 Å². The van der Waals surface area contributed by atoms with Gasteiger partial charge in [0.25, 0.3) is 0 Å². The molecule has 2 aromatic carbocycles. The minimum Gasteiger partial charge on any atom is -0.497 e. The van der Waals surface area contributed by atoms with Crippen LogP contribution in [0.3, 0.4) is 0 Å². The van der Waals surface area contributed by atoms with Crippen LogP contribution < -0.4 is 20.1 Å². The number of anilines is 4. The van der Waals surface area contributed by atoms with E-state index >= 15 is 0 Å². The third-order valence-electron chi connectivity index (χ3n) is 3.71. The summed E-state index contributed by atoms with van der Waals surface area (Å²) < 4.78 is 45.6. The third-order valence-corrected chi connectivity index (χ3v) is 3.71. The molecule has 0 saturated carbocycles. The number of nitro groups is 1. The molecule has 0 bridgehead atoms. The zero-order valence-electron chi connectivity index (χ0n) is 15.3. The molecule has 156 valence electrons. The predicted molar refractivity (Wildman–Crippen MR) is 101 cm³/mol. The van der Waals surface area contributed by atoms with Crippen molar-refractivity contribution in [2.45, 2.75) is 6.36 Å². The number of rotatable bonds is 7. The van der Waals surface area contributed by atoms with E-state index in [-0.39, 0.29) is 17.3 Å². The van der Waals surface area contributed by atoms with Crippen LogP contribution in [0, 0.1) is 10.1 Å². The molecule has 0 radical (unpaired) electrons. The lowest BCUT2D eigenvalue weighted by Gasteiger charge is -2.12. The Morgan fingerprint density at radius 3 is 1.77 bits per heavy atom. The summed E-state index contributed by atoms with van der Waals surface area (Å²) in [7, 11) is 1.51. The van der Waals surface area contributed by atoms with Gasteiger partial charge in [-0.05, 0) is 48.5 Å². The van der Waals surface area contributed by atoms with Crippen LogP contribution in [0.5, 0.6) is 11.5 Å². The van der Waals surface area contributed by atoms with Crippen LogP contribution in [-0.4, -0.2) is 28.4 Å². The van der Waals surface area contributed by atoms with Gasteiger partial charge in [-0.3, -0.25) is 10.1 Å². The van der Waals surface area contributed by atoms with Gasteiger partial charge in [0, 0.05) is 11.4 Å². The second-order valence-electron chi connectivity index (χ2n) is 5.73. The molecule has 12 heteroatoms. The van der Waals surface area contributed by atoms with Gasteiger partial charge in [0.15, 0.2) is 0 Å². The lowest BCUT2D eigenvalue weighted by atomic mass is 10.3. The normalized spacial score (nSPS) is 10.9. The van der Waals surface area contributed by atoms with E-state index in [0.29, 0.717) is 11.4 Å². The van der Waals surface area contributed by atoms with Crippen LogP contribution in [0.2, 0.25) is 0 Å². The Morgan fingerprint density at radius 1 is 0.900 bits per heavy atom. The number of hydrogen-bond acceptors (Lipinski definition) is 8. The fraction of sp³-hybridized carbons (Fsp3) is 0.111. The minimum absolute atomic E-state index is 0.0697. The fourth-order valence-electron chi connectivity index (χ4n) is 2.42. The first kappa shape index (κ1) is 20.6. The highest BCUT2D eigenvalue weighted by molar-refractivity contribution is 5.76. The topological polar surface area (TPSA) is 111 Å². The van der Waals surface area contributed by atoms with Gasteiger partial charge in [-0.25, -0.2) is 9.97 Å². The van der Waals surface area contributed by atoms with Crippen LogP contribution in [0.25, 0.3) is 0 Å². The van der Waals surface area contributed by atoms with Crippen LogP contribution in [0.4, 0.5) is 41.9 Å². The van der Waals surface area contributed by atoms with Crippen molar-refractivity contribution in [2.75, 3.05) is 17.7 Å². The van der Waals surface area contributed by atoms with E-state index < -0.39 is 22.7 Å². The second kappa shape index (κ2) is 8.51. The largest absolute Gasteiger partial charge is 0.573 e. The van der Waals surface area contributed by atoms with Crippen molar-refractivity contribution in [1.82, 2.24) is 9.97 Å². The Bertz CT molecular complexity index is 1030. The quantitative estimate of drug-likeness (QED) is 0.414. The van der Waals surface area contributed by atoms with Gasteiger partial charge >= 0.3 is 12.0 Å². The van der Waals surface area contributed by atoms with E-state index in [0.717, 1.165) is 18.5 Å². The average molecular weight is 421 g/mol. The number of hydrogen-bond donors (Lipinski definition) is 2. The molecule has 0 saturated heterocycles. The summed E-state index contributed by atoms with van der Waals surface area (Å²) in [6.45, 7) is 0. The summed E-state index contributed by atoms with van der Waals surface area (Å²) in [4.78, 5) is 18.7. The number of ether oxygens (including phenoxy) is 2. The first-order valence-corrected chi connectivity index (χ1v) is 8.28. The monoisotopic (exact) mass is 421 g/mol. The Balaban J connectivity index is 1.84. The van der Waals surface area contributed by atoms with Crippen LogP contribution in [-0.2, 0) is 0 Å². The van der Waals surface area contributed by atoms with Gasteiger partial charge in [0.2, 0.25) is 11.6 Å². The molecule has 0 amide bonds. The first-order valence-electron chi connectivity index (χ1n) is 8.28. The highest BCUT2D eigenvalue weighted by atomic mass is 19.4. The summed E-state index contributed by atoms with van der Waals surface area (Å²) in [6, 6.07) is 11.3. The summed E-state index contributed by atoms with van der Waals surface area (Å²) in [5.74, 6) is -0.0275. The van der Waals surface area contributed by atoms with Gasteiger partial charge in [-0.1, -0.05) is 0 Å². The van der Waals surface area contributed by atoms with Crippen LogP contribution in [0.1, 0.15) is 0 Å². The Kier molecular flexibility index (Phi) is 5.85. The number of alkyl halides is 3. The molecule has 3 aromatic rings. The van der Waals surface area contributed by atoms with Crippen LogP contribution >= 0.6 is 0 Å². The van der Waals surface area contributed by atoms with Crippen LogP contribution in [0.15, 0.2) is 54.9 Å². The zero-order chi connectivity index (χ0) is 21.7. The molecule has 0 aliphatic heterocycles.